The number of nitrogens with zero attached hydrogens (tertiary/aromatic N) is 2. The first-order chi connectivity index (χ1) is 22.1. The van der Waals surface area contributed by atoms with Crippen LogP contribution in [0, 0.1) is 51.2 Å². The molecule has 3 aliphatic heterocycles. The first kappa shape index (κ1) is 32.9. The molecule has 8 fully saturated rings. The van der Waals surface area contributed by atoms with Gasteiger partial charge in [-0.15, -0.1) is 0 Å². The molecule has 8 aliphatic rings. The minimum Gasteiger partial charge on any atom is -0.395 e. The van der Waals surface area contributed by atoms with Gasteiger partial charge in [0.05, 0.1) is 37.6 Å². The third kappa shape index (κ3) is 4.60. The third-order valence-corrected chi connectivity index (χ3v) is 16.7. The fraction of sp³-hybridized carbons (Fsp3) is 1.00. The van der Waals surface area contributed by atoms with E-state index in [1.54, 1.807) is 0 Å². The van der Waals surface area contributed by atoms with Crippen molar-refractivity contribution in [3.05, 3.63) is 0 Å². The van der Waals surface area contributed by atoms with E-state index in [4.69, 9.17) is 18.9 Å². The molecule has 0 aromatic carbocycles. The molecule has 0 bridgehead atoms. The average molecular weight is 643 g/mol. The highest BCUT2D eigenvalue weighted by Gasteiger charge is 2.84. The largest absolute Gasteiger partial charge is 0.395 e. The maximum absolute atomic E-state index is 9.29. The van der Waals surface area contributed by atoms with Crippen LogP contribution in [0.4, 0.5) is 0 Å². The van der Waals surface area contributed by atoms with Crippen molar-refractivity contribution < 1.29 is 24.1 Å². The molecule has 0 amide bonds. The summed E-state index contributed by atoms with van der Waals surface area (Å²) in [4.78, 5) is 4.94. The van der Waals surface area contributed by atoms with Gasteiger partial charge in [0, 0.05) is 45.4 Å². The van der Waals surface area contributed by atoms with Gasteiger partial charge < -0.3 is 24.1 Å². The van der Waals surface area contributed by atoms with Crippen molar-refractivity contribution in [2.24, 2.45) is 51.2 Å². The molecule has 8 rings (SSSR count). The number of aliphatic hydroxyl groups is 1. The number of rotatable bonds is 9. The van der Waals surface area contributed by atoms with Crippen molar-refractivity contribution >= 4 is 0 Å². The molecule has 3 saturated heterocycles. The van der Waals surface area contributed by atoms with Crippen LogP contribution in [-0.4, -0.2) is 104 Å². The van der Waals surface area contributed by atoms with E-state index < -0.39 is 0 Å². The Morgan fingerprint density at radius 3 is 2.48 bits per heavy atom. The zero-order valence-electron chi connectivity index (χ0n) is 30.1. The van der Waals surface area contributed by atoms with Gasteiger partial charge in [-0.3, -0.25) is 9.80 Å². The van der Waals surface area contributed by atoms with Gasteiger partial charge in [-0.2, -0.15) is 0 Å². The quantitative estimate of drug-likeness (QED) is 0.332. The van der Waals surface area contributed by atoms with Crippen LogP contribution >= 0.6 is 0 Å². The standard InChI is InChI=1S/C39H66N2O5/c1-7-30(43-8-2)31-11-9-28-32(45-31)21-29-27-10-12-33-36(4,5)34(13-14-39(33)25(3)38(27,39)16-15-37(28,29)6)46-35-24-41(18-20-44-35)26-22-40(23-26)17-19-42/h25-35,42H,7-24H2,1-6H3/t25-,27?,28?,29?,30+,31?,32?,33?,34-,35?,37+,38-,39?/m0/s1. The Morgan fingerprint density at radius 2 is 1.72 bits per heavy atom. The van der Waals surface area contributed by atoms with E-state index in [1.807, 2.05) is 0 Å². The van der Waals surface area contributed by atoms with E-state index in [0.717, 1.165) is 81.9 Å². The molecule has 5 saturated carbocycles. The molecular weight excluding hydrogens is 576 g/mol. The summed E-state index contributed by atoms with van der Waals surface area (Å²) in [5.74, 6) is 4.01. The Balaban J connectivity index is 0.952. The molecule has 2 spiro atoms. The number of morpholine rings is 1. The lowest BCUT2D eigenvalue weighted by molar-refractivity contribution is -0.250. The summed E-state index contributed by atoms with van der Waals surface area (Å²) in [6.07, 6.45) is 14.2. The summed E-state index contributed by atoms with van der Waals surface area (Å²) < 4.78 is 26.5. The number of fused-ring (bicyclic) bond motifs is 4. The van der Waals surface area contributed by atoms with E-state index in [2.05, 4.69) is 51.3 Å². The predicted molar refractivity (Wildman–Crippen MR) is 179 cm³/mol. The molecule has 13 atom stereocenters. The predicted octanol–water partition coefficient (Wildman–Crippen LogP) is 5.97. The van der Waals surface area contributed by atoms with Gasteiger partial charge in [0.25, 0.3) is 0 Å². The fourth-order valence-corrected chi connectivity index (χ4v) is 14.6. The molecule has 7 heteroatoms. The van der Waals surface area contributed by atoms with Crippen molar-refractivity contribution in [3.63, 3.8) is 0 Å². The van der Waals surface area contributed by atoms with Crippen LogP contribution in [0.25, 0.3) is 0 Å². The normalized spacial score (nSPS) is 50.8. The Bertz CT molecular complexity index is 1110. The topological polar surface area (TPSA) is 63.6 Å². The number of hydrogen-bond donors (Lipinski definition) is 1. The molecule has 7 nitrogen and oxygen atoms in total. The highest BCUT2D eigenvalue weighted by atomic mass is 16.7. The number of likely N-dealkylation sites (tertiary alicyclic amines) is 1. The second kappa shape index (κ2) is 11.9. The van der Waals surface area contributed by atoms with Crippen LogP contribution in [0.15, 0.2) is 0 Å². The van der Waals surface area contributed by atoms with Gasteiger partial charge in [-0.25, -0.2) is 0 Å². The lowest BCUT2D eigenvalue weighted by Gasteiger charge is -2.60. The maximum Gasteiger partial charge on any atom is 0.170 e. The Kier molecular flexibility index (Phi) is 8.52. The van der Waals surface area contributed by atoms with Crippen molar-refractivity contribution in [2.75, 3.05) is 52.5 Å². The zero-order chi connectivity index (χ0) is 32.1. The summed E-state index contributed by atoms with van der Waals surface area (Å²) in [6.45, 7) is 21.5. The van der Waals surface area contributed by atoms with E-state index in [-0.39, 0.29) is 36.6 Å². The Hall–Kier alpha value is -0.280. The highest BCUT2D eigenvalue weighted by molar-refractivity contribution is 5.32. The van der Waals surface area contributed by atoms with Gasteiger partial charge in [-0.1, -0.05) is 34.6 Å². The fourth-order valence-electron chi connectivity index (χ4n) is 14.6. The van der Waals surface area contributed by atoms with E-state index in [9.17, 15) is 5.11 Å². The zero-order valence-corrected chi connectivity index (χ0v) is 30.1. The van der Waals surface area contributed by atoms with Gasteiger partial charge in [0.2, 0.25) is 0 Å². The van der Waals surface area contributed by atoms with Crippen LogP contribution in [0.5, 0.6) is 0 Å². The number of aliphatic hydroxyl groups excluding tert-OH is 1. The summed E-state index contributed by atoms with van der Waals surface area (Å²) >= 11 is 0. The SMILES string of the molecule is CCO[C@H](CC)C1CCC2C(CC3C4CCC5C(C)(C)[C@@H](OC6CN(C7CN(CCO)C7)CCO6)CCC56[C@@H](C)[C@@]46CC[C@]23C)O1. The molecule has 0 aromatic heterocycles. The Morgan fingerprint density at radius 1 is 0.913 bits per heavy atom. The van der Waals surface area contributed by atoms with Gasteiger partial charge in [0.15, 0.2) is 6.29 Å². The molecule has 5 aliphatic carbocycles. The molecule has 262 valence electrons. The first-order valence-electron chi connectivity index (χ1n) is 19.7. The number of β-amino-alcohol motifs (C(OH)–C–C–N with tert-alkyl or cyclic N) is 1. The molecule has 3 heterocycles. The molecule has 0 aromatic rings. The van der Waals surface area contributed by atoms with Crippen molar-refractivity contribution in [3.8, 4) is 0 Å². The van der Waals surface area contributed by atoms with Crippen LogP contribution in [-0.2, 0) is 18.9 Å². The van der Waals surface area contributed by atoms with Crippen molar-refractivity contribution in [2.45, 2.75) is 142 Å². The smallest absolute Gasteiger partial charge is 0.170 e. The van der Waals surface area contributed by atoms with Crippen molar-refractivity contribution in [1.82, 2.24) is 9.80 Å². The number of hydrogen-bond acceptors (Lipinski definition) is 7. The molecule has 0 radical (unpaired) electrons. The number of ether oxygens (including phenoxy) is 4. The summed E-state index contributed by atoms with van der Waals surface area (Å²) in [6, 6.07) is 0.581. The average Bonchev–Trinajstić information content (AvgIpc) is 3.40. The molecule has 46 heavy (non-hydrogen) atoms. The molecule has 8 unspecified atom stereocenters. The Labute approximate surface area is 279 Å². The van der Waals surface area contributed by atoms with Crippen molar-refractivity contribution in [1.29, 1.82) is 0 Å². The lowest BCUT2D eigenvalue weighted by Crippen LogP contribution is -2.63. The second-order valence-electron chi connectivity index (χ2n) is 18.1. The van der Waals surface area contributed by atoms with Crippen LogP contribution in [0.1, 0.15) is 106 Å². The minimum absolute atomic E-state index is 0.114. The summed E-state index contributed by atoms with van der Waals surface area (Å²) in [5.41, 5.74) is 1.65. The molecule has 1 N–H and O–H groups in total. The van der Waals surface area contributed by atoms with Crippen LogP contribution in [0.2, 0.25) is 0 Å². The van der Waals surface area contributed by atoms with Gasteiger partial charge >= 0.3 is 0 Å². The summed E-state index contributed by atoms with van der Waals surface area (Å²) in [5, 5.41) is 9.29. The minimum atomic E-state index is -0.114. The third-order valence-electron chi connectivity index (χ3n) is 16.7. The summed E-state index contributed by atoms with van der Waals surface area (Å²) in [7, 11) is 0. The highest BCUT2D eigenvalue weighted by Crippen LogP contribution is 2.89. The van der Waals surface area contributed by atoms with E-state index >= 15 is 0 Å². The lowest BCUT2D eigenvalue weighted by atomic mass is 9.46. The van der Waals surface area contributed by atoms with Gasteiger partial charge in [0.1, 0.15) is 0 Å². The van der Waals surface area contributed by atoms with E-state index in [0.29, 0.717) is 28.4 Å². The second-order valence-corrected chi connectivity index (χ2v) is 18.1. The molecular formula is C39H66N2O5. The van der Waals surface area contributed by atoms with Gasteiger partial charge in [-0.05, 0) is 122 Å². The monoisotopic (exact) mass is 642 g/mol. The first-order valence-corrected chi connectivity index (χ1v) is 19.7. The van der Waals surface area contributed by atoms with Crippen LogP contribution < -0.4 is 0 Å². The maximum atomic E-state index is 9.29. The van der Waals surface area contributed by atoms with Crippen LogP contribution in [0.3, 0.4) is 0 Å². The van der Waals surface area contributed by atoms with E-state index in [1.165, 1.54) is 57.8 Å².